The summed E-state index contributed by atoms with van der Waals surface area (Å²) >= 11 is 0. The van der Waals surface area contributed by atoms with Crippen molar-refractivity contribution in [2.75, 3.05) is 13.1 Å². The van der Waals surface area contributed by atoms with E-state index in [4.69, 9.17) is 4.98 Å². The number of benzene rings is 1. The highest BCUT2D eigenvalue weighted by molar-refractivity contribution is 5.76. The first-order valence-electron chi connectivity index (χ1n) is 7.17. The highest BCUT2D eigenvalue weighted by Gasteiger charge is 2.32. The molecule has 0 aliphatic carbocycles. The van der Waals surface area contributed by atoms with Gasteiger partial charge >= 0.3 is 0 Å². The Bertz CT molecular complexity index is 592. The first kappa shape index (κ1) is 12.7. The van der Waals surface area contributed by atoms with Crippen LogP contribution in [0.3, 0.4) is 0 Å². The molecule has 102 valence electrons. The number of imidazole rings is 1. The molecule has 1 aromatic carbocycles. The zero-order valence-corrected chi connectivity index (χ0v) is 12.3. The molecule has 1 aromatic heterocycles. The number of nitrogens with one attached hydrogen (secondary N) is 1. The summed E-state index contributed by atoms with van der Waals surface area (Å²) in [5.74, 6) is 2.41. The molecular weight excluding hydrogens is 234 g/mol. The fourth-order valence-electron chi connectivity index (χ4n) is 3.15. The fourth-order valence-corrected chi connectivity index (χ4v) is 3.15. The van der Waals surface area contributed by atoms with Gasteiger partial charge in [0.15, 0.2) is 0 Å². The maximum Gasteiger partial charge on any atom is 0.115 e. The molecule has 1 aliphatic heterocycles. The van der Waals surface area contributed by atoms with Crippen LogP contribution in [0.4, 0.5) is 0 Å². The fraction of sp³-hybridized carbons (Fsp3) is 0.562. The molecule has 2 aromatic rings. The normalized spacial score (nSPS) is 24.2. The zero-order chi connectivity index (χ0) is 13.6. The third-order valence-electron chi connectivity index (χ3n) is 4.11. The second-order valence-electron chi connectivity index (χ2n) is 6.71. The summed E-state index contributed by atoms with van der Waals surface area (Å²) in [7, 11) is 0. The molecule has 0 bridgehead atoms. The van der Waals surface area contributed by atoms with Gasteiger partial charge in [0, 0.05) is 18.0 Å². The van der Waals surface area contributed by atoms with E-state index in [-0.39, 0.29) is 5.54 Å². The van der Waals surface area contributed by atoms with Crippen molar-refractivity contribution in [2.45, 2.75) is 39.2 Å². The van der Waals surface area contributed by atoms with E-state index < -0.39 is 0 Å². The van der Waals surface area contributed by atoms with Crippen LogP contribution in [-0.4, -0.2) is 22.6 Å². The number of aromatic nitrogens is 2. The summed E-state index contributed by atoms with van der Waals surface area (Å²) in [4.78, 5) is 4.93. The maximum absolute atomic E-state index is 4.93. The molecule has 1 aliphatic rings. The maximum atomic E-state index is 4.93. The molecule has 0 spiro atoms. The summed E-state index contributed by atoms with van der Waals surface area (Å²) in [6, 6.07) is 8.48. The van der Waals surface area contributed by atoms with Crippen molar-refractivity contribution in [3.05, 3.63) is 30.1 Å². The van der Waals surface area contributed by atoms with Gasteiger partial charge in [-0.05, 0) is 45.4 Å². The molecule has 1 N–H and O–H groups in total. The number of fused-ring (bicyclic) bond motifs is 1. The van der Waals surface area contributed by atoms with E-state index in [1.54, 1.807) is 0 Å². The zero-order valence-electron chi connectivity index (χ0n) is 12.3. The molecule has 0 amide bonds. The van der Waals surface area contributed by atoms with Gasteiger partial charge in [-0.15, -0.1) is 0 Å². The molecule has 3 heteroatoms. The second-order valence-corrected chi connectivity index (χ2v) is 6.71. The van der Waals surface area contributed by atoms with E-state index in [1.165, 1.54) is 11.3 Å². The molecule has 0 saturated carbocycles. The Kier molecular flexibility index (Phi) is 2.90. The van der Waals surface area contributed by atoms with Crippen LogP contribution in [0.15, 0.2) is 24.3 Å². The third-order valence-corrected chi connectivity index (χ3v) is 4.11. The summed E-state index contributed by atoms with van der Waals surface area (Å²) < 4.78 is 2.43. The van der Waals surface area contributed by atoms with Crippen molar-refractivity contribution in [2.24, 2.45) is 5.92 Å². The predicted molar refractivity (Wildman–Crippen MR) is 79.5 cm³/mol. The smallest absolute Gasteiger partial charge is 0.115 e. The molecule has 1 saturated heterocycles. The largest absolute Gasteiger partial charge is 0.322 e. The Labute approximate surface area is 115 Å². The lowest BCUT2D eigenvalue weighted by Gasteiger charge is -2.27. The van der Waals surface area contributed by atoms with E-state index >= 15 is 0 Å². The van der Waals surface area contributed by atoms with Crippen LogP contribution in [0, 0.1) is 5.92 Å². The topological polar surface area (TPSA) is 29.9 Å². The minimum absolute atomic E-state index is 0.0632. The standard InChI is InChI=1S/C16H23N3/c1-11-9-17-10-12(11)15-18-13-7-5-6-8-14(13)19(15)16(2,3)4/h5-8,11-12,17H,9-10H2,1-4H3/t11-,12-/m1/s1. The summed E-state index contributed by atoms with van der Waals surface area (Å²) in [6.07, 6.45) is 0. The predicted octanol–water partition coefficient (Wildman–Crippen LogP) is 3.11. The van der Waals surface area contributed by atoms with Crippen LogP contribution in [0.1, 0.15) is 39.4 Å². The van der Waals surface area contributed by atoms with Gasteiger partial charge in [0.2, 0.25) is 0 Å². The number of nitrogens with zero attached hydrogens (tertiary/aromatic N) is 2. The van der Waals surface area contributed by atoms with Gasteiger partial charge in [-0.2, -0.15) is 0 Å². The Morgan fingerprint density at radius 1 is 1.21 bits per heavy atom. The molecule has 1 fully saturated rings. The van der Waals surface area contributed by atoms with Crippen molar-refractivity contribution in [3.63, 3.8) is 0 Å². The lowest BCUT2D eigenvalue weighted by molar-refractivity contribution is 0.374. The molecule has 2 heterocycles. The molecule has 2 atom stereocenters. The van der Waals surface area contributed by atoms with Crippen LogP contribution in [0.25, 0.3) is 11.0 Å². The van der Waals surface area contributed by atoms with Crippen LogP contribution >= 0.6 is 0 Å². The van der Waals surface area contributed by atoms with Crippen molar-refractivity contribution in [1.82, 2.24) is 14.9 Å². The summed E-state index contributed by atoms with van der Waals surface area (Å²) in [6.45, 7) is 11.2. The Morgan fingerprint density at radius 3 is 2.58 bits per heavy atom. The molecule has 19 heavy (non-hydrogen) atoms. The lowest BCUT2D eigenvalue weighted by Crippen LogP contribution is -2.27. The monoisotopic (exact) mass is 257 g/mol. The van der Waals surface area contributed by atoms with E-state index in [0.29, 0.717) is 11.8 Å². The minimum atomic E-state index is 0.0632. The first-order chi connectivity index (χ1) is 8.98. The molecular formula is C16H23N3. The van der Waals surface area contributed by atoms with Gasteiger partial charge in [0.25, 0.3) is 0 Å². The van der Waals surface area contributed by atoms with Gasteiger partial charge in [0.05, 0.1) is 11.0 Å². The SMILES string of the molecule is C[C@@H]1CNC[C@H]1c1nc2ccccc2n1C(C)(C)C. The Hall–Kier alpha value is -1.35. The van der Waals surface area contributed by atoms with E-state index in [9.17, 15) is 0 Å². The number of hydrogen-bond donors (Lipinski definition) is 1. The average molecular weight is 257 g/mol. The van der Waals surface area contributed by atoms with Crippen LogP contribution in [-0.2, 0) is 5.54 Å². The van der Waals surface area contributed by atoms with Crippen molar-refractivity contribution < 1.29 is 0 Å². The summed E-state index contributed by atoms with van der Waals surface area (Å²) in [5, 5.41) is 3.49. The van der Waals surface area contributed by atoms with E-state index in [0.717, 1.165) is 18.6 Å². The average Bonchev–Trinajstić information content (AvgIpc) is 2.90. The van der Waals surface area contributed by atoms with Gasteiger partial charge in [-0.1, -0.05) is 19.1 Å². The summed E-state index contributed by atoms with van der Waals surface area (Å²) in [5.41, 5.74) is 2.43. The quantitative estimate of drug-likeness (QED) is 0.850. The number of hydrogen-bond acceptors (Lipinski definition) is 2. The second kappa shape index (κ2) is 4.34. The van der Waals surface area contributed by atoms with E-state index in [2.05, 4.69) is 61.8 Å². The highest BCUT2D eigenvalue weighted by Crippen LogP contribution is 2.33. The van der Waals surface area contributed by atoms with Crippen molar-refractivity contribution in [1.29, 1.82) is 0 Å². The van der Waals surface area contributed by atoms with Gasteiger partial charge < -0.3 is 9.88 Å². The van der Waals surface area contributed by atoms with Crippen LogP contribution in [0.5, 0.6) is 0 Å². The van der Waals surface area contributed by atoms with Gasteiger partial charge in [-0.3, -0.25) is 0 Å². The van der Waals surface area contributed by atoms with Gasteiger partial charge in [-0.25, -0.2) is 4.98 Å². The van der Waals surface area contributed by atoms with E-state index in [1.807, 2.05) is 0 Å². The number of rotatable bonds is 1. The molecule has 3 rings (SSSR count). The van der Waals surface area contributed by atoms with Crippen LogP contribution in [0.2, 0.25) is 0 Å². The molecule has 3 nitrogen and oxygen atoms in total. The molecule has 0 radical (unpaired) electrons. The minimum Gasteiger partial charge on any atom is -0.322 e. The number of para-hydroxylation sites is 2. The lowest BCUT2D eigenvalue weighted by atomic mass is 9.96. The van der Waals surface area contributed by atoms with Crippen molar-refractivity contribution >= 4 is 11.0 Å². The van der Waals surface area contributed by atoms with Crippen molar-refractivity contribution in [3.8, 4) is 0 Å². The Balaban J connectivity index is 2.23. The van der Waals surface area contributed by atoms with Crippen LogP contribution < -0.4 is 5.32 Å². The van der Waals surface area contributed by atoms with Gasteiger partial charge in [0.1, 0.15) is 5.82 Å². The highest BCUT2D eigenvalue weighted by atomic mass is 15.1. The third kappa shape index (κ3) is 2.06. The Morgan fingerprint density at radius 2 is 1.95 bits per heavy atom. The molecule has 0 unspecified atom stereocenters. The first-order valence-corrected chi connectivity index (χ1v) is 7.17.